The van der Waals surface area contributed by atoms with Gasteiger partial charge in [0.1, 0.15) is 11.6 Å². The van der Waals surface area contributed by atoms with Crippen LogP contribution >= 0.6 is 11.6 Å². The first-order chi connectivity index (χ1) is 8.13. The van der Waals surface area contributed by atoms with Gasteiger partial charge in [0.15, 0.2) is 0 Å². The number of halogens is 3. The predicted molar refractivity (Wildman–Crippen MR) is 63.3 cm³/mol. The fourth-order valence-electron chi connectivity index (χ4n) is 2.31. The van der Waals surface area contributed by atoms with E-state index in [1.807, 2.05) is 0 Å². The first-order valence-electron chi connectivity index (χ1n) is 5.72. The van der Waals surface area contributed by atoms with E-state index in [4.69, 9.17) is 16.3 Å². The Morgan fingerprint density at radius 2 is 1.71 bits per heavy atom. The third-order valence-corrected chi connectivity index (χ3v) is 3.91. The van der Waals surface area contributed by atoms with E-state index in [1.54, 1.807) is 0 Å². The van der Waals surface area contributed by atoms with Crippen LogP contribution in [0.15, 0.2) is 18.2 Å². The number of ether oxygens (including phenoxy) is 1. The highest BCUT2D eigenvalue weighted by Gasteiger charge is 2.32. The fraction of sp³-hybridized carbons (Fsp3) is 0.538. The lowest BCUT2D eigenvalue weighted by atomic mass is 9.77. The molecule has 94 valence electrons. The highest BCUT2D eigenvalue weighted by Crippen LogP contribution is 2.35. The Morgan fingerprint density at radius 1 is 1.12 bits per heavy atom. The largest absolute Gasteiger partial charge is 0.381 e. The maximum atomic E-state index is 13.1. The first-order valence-corrected chi connectivity index (χ1v) is 6.26. The van der Waals surface area contributed by atoms with Crippen LogP contribution in [0.5, 0.6) is 0 Å². The zero-order valence-electron chi connectivity index (χ0n) is 9.52. The lowest BCUT2D eigenvalue weighted by Crippen LogP contribution is -2.33. The van der Waals surface area contributed by atoms with Gasteiger partial charge in [0.2, 0.25) is 0 Å². The van der Waals surface area contributed by atoms with Gasteiger partial charge in [0, 0.05) is 25.2 Å². The Hall–Kier alpha value is -0.670. The maximum absolute atomic E-state index is 13.1. The zero-order chi connectivity index (χ0) is 12.3. The Kier molecular flexibility index (Phi) is 4.00. The summed E-state index contributed by atoms with van der Waals surface area (Å²) in [6, 6.07) is 3.65. The molecule has 0 spiro atoms. The van der Waals surface area contributed by atoms with Crippen molar-refractivity contribution in [1.82, 2.24) is 0 Å². The van der Waals surface area contributed by atoms with Gasteiger partial charge >= 0.3 is 0 Å². The molecular formula is C13H15ClF2O. The van der Waals surface area contributed by atoms with Gasteiger partial charge in [-0.05, 0) is 42.4 Å². The minimum atomic E-state index is -0.531. The average molecular weight is 261 g/mol. The van der Waals surface area contributed by atoms with Crippen LogP contribution in [0.1, 0.15) is 18.4 Å². The molecule has 1 aliphatic heterocycles. The second kappa shape index (κ2) is 5.32. The van der Waals surface area contributed by atoms with Crippen LogP contribution in [0.3, 0.4) is 0 Å². The minimum Gasteiger partial charge on any atom is -0.381 e. The predicted octanol–water partition coefficient (Wildman–Crippen LogP) is 3.54. The topological polar surface area (TPSA) is 9.23 Å². The molecule has 0 aliphatic carbocycles. The summed E-state index contributed by atoms with van der Waals surface area (Å²) in [5.74, 6) is -0.567. The highest BCUT2D eigenvalue weighted by molar-refractivity contribution is 6.18. The molecule has 1 saturated heterocycles. The van der Waals surface area contributed by atoms with Crippen molar-refractivity contribution in [1.29, 1.82) is 0 Å². The molecule has 2 rings (SSSR count). The van der Waals surface area contributed by atoms with Gasteiger partial charge in [-0.1, -0.05) is 0 Å². The summed E-state index contributed by atoms with van der Waals surface area (Å²) >= 11 is 6.02. The number of alkyl halides is 1. The third kappa shape index (κ3) is 3.17. The van der Waals surface area contributed by atoms with E-state index in [1.165, 1.54) is 12.1 Å². The Balaban J connectivity index is 2.17. The van der Waals surface area contributed by atoms with E-state index in [9.17, 15) is 8.78 Å². The number of rotatable bonds is 3. The lowest BCUT2D eigenvalue weighted by molar-refractivity contribution is 0.0257. The van der Waals surface area contributed by atoms with Crippen molar-refractivity contribution in [3.8, 4) is 0 Å². The molecule has 1 aromatic carbocycles. The van der Waals surface area contributed by atoms with Crippen molar-refractivity contribution in [2.45, 2.75) is 19.3 Å². The fourth-order valence-corrected chi connectivity index (χ4v) is 2.67. The van der Waals surface area contributed by atoms with Gasteiger partial charge in [-0.15, -0.1) is 11.6 Å². The molecule has 0 bridgehead atoms. The molecule has 1 heterocycles. The summed E-state index contributed by atoms with van der Waals surface area (Å²) in [4.78, 5) is 0. The summed E-state index contributed by atoms with van der Waals surface area (Å²) in [6.45, 7) is 1.34. The molecule has 0 atom stereocenters. The quantitative estimate of drug-likeness (QED) is 0.756. The van der Waals surface area contributed by atoms with Crippen LogP contribution in [0.25, 0.3) is 0 Å². The molecule has 4 heteroatoms. The Morgan fingerprint density at radius 3 is 2.24 bits per heavy atom. The van der Waals surface area contributed by atoms with E-state index in [2.05, 4.69) is 0 Å². The molecule has 1 aromatic rings. The van der Waals surface area contributed by atoms with Crippen LogP contribution in [-0.4, -0.2) is 19.1 Å². The second-order valence-corrected chi connectivity index (χ2v) is 4.97. The Bertz CT molecular complexity index is 369. The number of hydrogen-bond acceptors (Lipinski definition) is 1. The summed E-state index contributed by atoms with van der Waals surface area (Å²) in [7, 11) is 0. The normalized spacial score (nSPS) is 19.2. The van der Waals surface area contributed by atoms with Crippen molar-refractivity contribution in [3.05, 3.63) is 35.4 Å². The van der Waals surface area contributed by atoms with E-state index >= 15 is 0 Å². The van der Waals surface area contributed by atoms with E-state index < -0.39 is 11.6 Å². The van der Waals surface area contributed by atoms with Crippen molar-refractivity contribution >= 4 is 11.6 Å². The Labute approximate surface area is 105 Å². The molecular weight excluding hydrogens is 246 g/mol. The average Bonchev–Trinajstić information content (AvgIpc) is 2.29. The van der Waals surface area contributed by atoms with Gasteiger partial charge in [0.05, 0.1) is 0 Å². The standard InChI is InChI=1S/C13H15ClF2O/c14-9-13(1-3-17-4-2-13)8-10-5-11(15)7-12(16)6-10/h5-7H,1-4,8-9H2. The summed E-state index contributed by atoms with van der Waals surface area (Å²) in [5, 5.41) is 0. The van der Waals surface area contributed by atoms with Crippen LogP contribution in [0.4, 0.5) is 8.78 Å². The molecule has 0 N–H and O–H groups in total. The van der Waals surface area contributed by atoms with Gasteiger partial charge in [-0.25, -0.2) is 8.78 Å². The monoisotopic (exact) mass is 260 g/mol. The summed E-state index contributed by atoms with van der Waals surface area (Å²) in [6.07, 6.45) is 2.29. The van der Waals surface area contributed by atoms with Gasteiger partial charge in [-0.3, -0.25) is 0 Å². The van der Waals surface area contributed by atoms with E-state index in [0.717, 1.165) is 18.9 Å². The molecule has 17 heavy (non-hydrogen) atoms. The van der Waals surface area contributed by atoms with Crippen molar-refractivity contribution < 1.29 is 13.5 Å². The van der Waals surface area contributed by atoms with E-state index in [-0.39, 0.29) is 5.41 Å². The molecule has 1 nitrogen and oxygen atoms in total. The molecule has 0 aromatic heterocycles. The van der Waals surface area contributed by atoms with Crippen LogP contribution in [-0.2, 0) is 11.2 Å². The van der Waals surface area contributed by atoms with Gasteiger partial charge in [0.25, 0.3) is 0 Å². The first kappa shape index (κ1) is 12.8. The minimum absolute atomic E-state index is 0.0833. The smallest absolute Gasteiger partial charge is 0.126 e. The maximum Gasteiger partial charge on any atom is 0.126 e. The van der Waals surface area contributed by atoms with Crippen molar-refractivity contribution in [2.75, 3.05) is 19.1 Å². The molecule has 0 radical (unpaired) electrons. The van der Waals surface area contributed by atoms with Crippen molar-refractivity contribution in [2.24, 2.45) is 5.41 Å². The molecule has 0 unspecified atom stereocenters. The van der Waals surface area contributed by atoms with Crippen LogP contribution in [0.2, 0.25) is 0 Å². The zero-order valence-corrected chi connectivity index (χ0v) is 10.3. The summed E-state index contributed by atoms with van der Waals surface area (Å²) in [5.41, 5.74) is 0.588. The molecule has 1 fully saturated rings. The van der Waals surface area contributed by atoms with Crippen LogP contribution in [0, 0.1) is 17.0 Å². The van der Waals surface area contributed by atoms with Crippen LogP contribution < -0.4 is 0 Å². The van der Waals surface area contributed by atoms with Crippen molar-refractivity contribution in [3.63, 3.8) is 0 Å². The van der Waals surface area contributed by atoms with Gasteiger partial charge in [-0.2, -0.15) is 0 Å². The SMILES string of the molecule is Fc1cc(F)cc(CC2(CCl)CCOCC2)c1. The summed E-state index contributed by atoms with van der Waals surface area (Å²) < 4.78 is 31.5. The molecule has 1 aliphatic rings. The molecule has 0 saturated carbocycles. The highest BCUT2D eigenvalue weighted by atomic mass is 35.5. The molecule has 0 amide bonds. The third-order valence-electron chi connectivity index (χ3n) is 3.34. The second-order valence-electron chi connectivity index (χ2n) is 4.70. The van der Waals surface area contributed by atoms with E-state index in [0.29, 0.717) is 31.1 Å². The number of hydrogen-bond donors (Lipinski definition) is 0. The van der Waals surface area contributed by atoms with Gasteiger partial charge < -0.3 is 4.74 Å². The number of benzene rings is 1. The lowest BCUT2D eigenvalue weighted by Gasteiger charge is -2.35.